The first-order valence-corrected chi connectivity index (χ1v) is 7.93. The molecule has 22 heavy (non-hydrogen) atoms. The Labute approximate surface area is 128 Å². The molecule has 0 bridgehead atoms. The van der Waals surface area contributed by atoms with Gasteiger partial charge in [-0.1, -0.05) is 12.1 Å². The number of benzene rings is 1. The number of cyclic esters (lactones) is 1. The van der Waals surface area contributed by atoms with E-state index in [-0.39, 0.29) is 5.56 Å². The smallest absolute Gasteiger partial charge is 0.370 e. The Morgan fingerprint density at radius 1 is 1.18 bits per heavy atom. The quantitative estimate of drug-likeness (QED) is 0.629. The van der Waals surface area contributed by atoms with Crippen molar-refractivity contribution in [2.24, 2.45) is 0 Å². The van der Waals surface area contributed by atoms with Gasteiger partial charge in [-0.3, -0.25) is 4.57 Å². The van der Waals surface area contributed by atoms with Gasteiger partial charge in [-0.05, 0) is 18.2 Å². The zero-order valence-electron chi connectivity index (χ0n) is 12.4. The molecule has 1 aliphatic rings. The van der Waals surface area contributed by atoms with Crippen molar-refractivity contribution in [3.8, 4) is 5.75 Å². The van der Waals surface area contributed by atoms with Gasteiger partial charge >= 0.3 is 13.6 Å². The minimum absolute atomic E-state index is 0.213. The van der Waals surface area contributed by atoms with Crippen molar-refractivity contribution in [3.63, 3.8) is 0 Å². The van der Waals surface area contributed by atoms with Crippen LogP contribution in [0.15, 0.2) is 36.4 Å². The van der Waals surface area contributed by atoms with Crippen LogP contribution in [0, 0.1) is 0 Å². The number of ether oxygens (including phenoxy) is 2. The zero-order chi connectivity index (χ0) is 16.4. The van der Waals surface area contributed by atoms with Crippen LogP contribution in [-0.2, 0) is 28.5 Å². The van der Waals surface area contributed by atoms with Gasteiger partial charge in [-0.2, -0.15) is 0 Å². The Hall–Kier alpha value is -1.66. The van der Waals surface area contributed by atoms with Gasteiger partial charge in [0.1, 0.15) is 5.75 Å². The first-order chi connectivity index (χ1) is 10.4. The lowest BCUT2D eigenvalue weighted by atomic mass is 10.0. The van der Waals surface area contributed by atoms with Gasteiger partial charge in [0, 0.05) is 25.9 Å². The van der Waals surface area contributed by atoms with Crippen LogP contribution in [0.2, 0.25) is 0 Å². The lowest BCUT2D eigenvalue weighted by Gasteiger charge is -2.36. The molecule has 2 rings (SSSR count). The second-order valence-electron chi connectivity index (χ2n) is 4.53. The van der Waals surface area contributed by atoms with Crippen molar-refractivity contribution >= 4 is 13.6 Å². The third kappa shape index (κ3) is 2.57. The van der Waals surface area contributed by atoms with Crippen molar-refractivity contribution in [3.05, 3.63) is 42.0 Å². The van der Waals surface area contributed by atoms with Crippen LogP contribution in [0.1, 0.15) is 5.56 Å². The SMILES string of the molecule is COc1ccc([C@](O)([C@H]2C=CC(=O)O2)P(=O)(OC)OC)cc1. The molecule has 1 aromatic carbocycles. The minimum Gasteiger partial charge on any atom is -0.497 e. The standard InChI is InChI=1S/C14H17O7P/c1-18-11-6-4-10(5-7-11)14(16,22(17,19-2)20-3)12-8-9-13(15)21-12/h4-9,12,16H,1-3H3/t12-,14-/m1/s1. The third-order valence-electron chi connectivity index (χ3n) is 3.46. The molecule has 7 nitrogen and oxygen atoms in total. The summed E-state index contributed by atoms with van der Waals surface area (Å²) in [4.78, 5) is 11.3. The summed E-state index contributed by atoms with van der Waals surface area (Å²) in [6.07, 6.45) is 1.27. The molecular formula is C14H17O7P. The maximum absolute atomic E-state index is 12.9. The fourth-order valence-corrected chi connectivity index (χ4v) is 3.87. The van der Waals surface area contributed by atoms with Gasteiger partial charge in [0.2, 0.25) is 5.34 Å². The number of carbonyl (C=O) groups excluding carboxylic acids is 1. The predicted octanol–water partition coefficient (Wildman–Crippen LogP) is 1.81. The van der Waals surface area contributed by atoms with Crippen molar-refractivity contribution in [2.75, 3.05) is 21.3 Å². The molecule has 1 N–H and O–H groups in total. The summed E-state index contributed by atoms with van der Waals surface area (Å²) >= 11 is 0. The fraction of sp³-hybridized carbons (Fsp3) is 0.357. The first kappa shape index (κ1) is 16.7. The molecule has 0 spiro atoms. The van der Waals surface area contributed by atoms with Gasteiger partial charge < -0.3 is 23.6 Å². The molecule has 0 aromatic heterocycles. The average molecular weight is 328 g/mol. The van der Waals surface area contributed by atoms with E-state index in [0.29, 0.717) is 5.75 Å². The topological polar surface area (TPSA) is 91.3 Å². The van der Waals surface area contributed by atoms with E-state index in [4.69, 9.17) is 18.5 Å². The number of hydrogen-bond acceptors (Lipinski definition) is 7. The molecule has 8 heteroatoms. The Morgan fingerprint density at radius 3 is 2.18 bits per heavy atom. The van der Waals surface area contributed by atoms with Gasteiger partial charge in [-0.15, -0.1) is 0 Å². The van der Waals surface area contributed by atoms with Crippen LogP contribution in [0.5, 0.6) is 5.75 Å². The highest BCUT2D eigenvalue weighted by atomic mass is 31.2. The molecule has 0 fully saturated rings. The normalized spacial score (nSPS) is 20.5. The van der Waals surface area contributed by atoms with Crippen LogP contribution in [0.25, 0.3) is 0 Å². The van der Waals surface area contributed by atoms with E-state index in [1.807, 2.05) is 0 Å². The summed E-state index contributed by atoms with van der Waals surface area (Å²) in [6, 6.07) is 6.17. The van der Waals surface area contributed by atoms with Crippen molar-refractivity contribution in [2.45, 2.75) is 11.4 Å². The summed E-state index contributed by atoms with van der Waals surface area (Å²) in [5.74, 6) is -0.0922. The minimum atomic E-state index is -4.04. The van der Waals surface area contributed by atoms with E-state index in [1.54, 1.807) is 12.1 Å². The highest BCUT2D eigenvalue weighted by molar-refractivity contribution is 7.55. The van der Waals surface area contributed by atoms with Crippen molar-refractivity contribution in [1.82, 2.24) is 0 Å². The van der Waals surface area contributed by atoms with Crippen molar-refractivity contribution < 1.29 is 33.0 Å². The molecule has 0 radical (unpaired) electrons. The van der Waals surface area contributed by atoms with Crippen LogP contribution in [0.3, 0.4) is 0 Å². The van der Waals surface area contributed by atoms with E-state index in [1.165, 1.54) is 25.3 Å². The molecule has 0 saturated heterocycles. The summed E-state index contributed by atoms with van der Waals surface area (Å²) in [6.45, 7) is 0. The van der Waals surface area contributed by atoms with E-state index in [0.717, 1.165) is 20.3 Å². The zero-order valence-corrected chi connectivity index (χ0v) is 13.3. The van der Waals surface area contributed by atoms with Crippen LogP contribution < -0.4 is 4.74 Å². The van der Waals surface area contributed by atoms with Gasteiger partial charge in [0.05, 0.1) is 7.11 Å². The second-order valence-corrected chi connectivity index (χ2v) is 6.94. The molecular weight excluding hydrogens is 311 g/mol. The van der Waals surface area contributed by atoms with Gasteiger partial charge in [0.15, 0.2) is 6.10 Å². The molecule has 2 atom stereocenters. The molecule has 0 amide bonds. The molecule has 1 aliphatic heterocycles. The molecule has 0 unspecified atom stereocenters. The lowest BCUT2D eigenvalue weighted by molar-refractivity contribution is -0.145. The van der Waals surface area contributed by atoms with E-state index in [2.05, 4.69) is 0 Å². The number of methoxy groups -OCH3 is 1. The van der Waals surface area contributed by atoms with Crippen LogP contribution in [-0.4, -0.2) is 38.5 Å². The Bertz CT molecular complexity index is 617. The monoisotopic (exact) mass is 328 g/mol. The molecule has 0 saturated carbocycles. The molecule has 0 aliphatic carbocycles. The summed E-state index contributed by atoms with van der Waals surface area (Å²) in [7, 11) is -0.236. The van der Waals surface area contributed by atoms with Crippen molar-refractivity contribution in [1.29, 1.82) is 0 Å². The molecule has 1 heterocycles. The second kappa shape index (κ2) is 6.22. The highest BCUT2D eigenvalue weighted by Gasteiger charge is 2.58. The van der Waals surface area contributed by atoms with E-state index >= 15 is 0 Å². The number of aliphatic hydroxyl groups is 1. The Morgan fingerprint density at radius 2 is 1.77 bits per heavy atom. The maximum Gasteiger partial charge on any atom is 0.370 e. The number of carbonyl (C=O) groups is 1. The van der Waals surface area contributed by atoms with Gasteiger partial charge in [0.25, 0.3) is 0 Å². The average Bonchev–Trinajstić information content (AvgIpc) is 3.00. The first-order valence-electron chi connectivity index (χ1n) is 6.38. The maximum atomic E-state index is 12.9. The summed E-state index contributed by atoms with van der Waals surface area (Å²) in [5, 5.41) is 8.93. The summed E-state index contributed by atoms with van der Waals surface area (Å²) < 4.78 is 32.8. The number of hydrogen-bond donors (Lipinski definition) is 1. The van der Waals surface area contributed by atoms with Crippen LogP contribution >= 0.6 is 7.60 Å². The lowest BCUT2D eigenvalue weighted by Crippen LogP contribution is -2.40. The summed E-state index contributed by atoms with van der Waals surface area (Å²) in [5.41, 5.74) is 0.213. The van der Waals surface area contributed by atoms with E-state index in [9.17, 15) is 14.5 Å². The van der Waals surface area contributed by atoms with Gasteiger partial charge in [-0.25, -0.2) is 4.79 Å². The Kier molecular flexibility index (Phi) is 4.72. The molecule has 1 aromatic rings. The largest absolute Gasteiger partial charge is 0.497 e. The number of esters is 1. The molecule has 120 valence electrons. The highest BCUT2D eigenvalue weighted by Crippen LogP contribution is 2.65. The van der Waals surface area contributed by atoms with E-state index < -0.39 is 25.0 Å². The third-order valence-corrected chi connectivity index (χ3v) is 5.77. The van der Waals surface area contributed by atoms with Crippen LogP contribution in [0.4, 0.5) is 0 Å². The Balaban J connectivity index is 2.56. The predicted molar refractivity (Wildman–Crippen MR) is 77.5 cm³/mol. The number of rotatable bonds is 6. The fourth-order valence-electron chi connectivity index (χ4n) is 2.25.